The Balaban J connectivity index is 2.41. The van der Waals surface area contributed by atoms with Crippen molar-refractivity contribution in [2.24, 2.45) is 0 Å². The van der Waals surface area contributed by atoms with Gasteiger partial charge >= 0.3 is 5.97 Å². The van der Waals surface area contributed by atoms with Crippen LogP contribution in [0.4, 0.5) is 0 Å². The predicted octanol–water partition coefficient (Wildman–Crippen LogP) is 0.804. The molecular weight excluding hydrogens is 298 g/mol. The maximum atomic E-state index is 12.6. The van der Waals surface area contributed by atoms with Crippen molar-refractivity contribution in [3.8, 4) is 5.75 Å². The van der Waals surface area contributed by atoms with Crippen LogP contribution >= 0.6 is 0 Å². The van der Waals surface area contributed by atoms with E-state index in [0.717, 1.165) is 0 Å². The molecule has 0 saturated carbocycles. The second-order valence-electron chi connectivity index (χ2n) is 4.54. The van der Waals surface area contributed by atoms with Crippen LogP contribution in [0.25, 0.3) is 0 Å². The predicted molar refractivity (Wildman–Crippen MR) is 74.1 cm³/mol. The molecule has 1 saturated heterocycles. The molecule has 1 aromatic carbocycles. The van der Waals surface area contributed by atoms with Crippen LogP contribution in [-0.4, -0.2) is 57.2 Å². The number of carboxylic acids is 1. The van der Waals surface area contributed by atoms with Gasteiger partial charge < -0.3 is 14.6 Å². The molecule has 21 heavy (non-hydrogen) atoms. The molecule has 1 aromatic rings. The lowest BCUT2D eigenvalue weighted by atomic mass is 10.2. The first-order valence-electron chi connectivity index (χ1n) is 6.46. The Hall–Kier alpha value is -1.64. The number of nitrogens with zero attached hydrogens (tertiary/aromatic N) is 1. The van der Waals surface area contributed by atoms with Crippen molar-refractivity contribution in [2.45, 2.75) is 11.3 Å². The third kappa shape index (κ3) is 3.34. The molecule has 0 spiro atoms. The SMILES string of the molecule is COc1cc(C(=O)O)ccc1S(=O)(=O)N1CCCOCC1. The fraction of sp³-hybridized carbons (Fsp3) is 0.462. The standard InChI is InChI=1S/C13H17NO6S/c1-19-11-9-10(13(15)16)3-4-12(11)21(17,18)14-5-2-7-20-8-6-14/h3-4,9H,2,5-8H2,1H3,(H,15,16). The molecule has 0 amide bonds. The van der Waals surface area contributed by atoms with Crippen molar-refractivity contribution < 1.29 is 27.8 Å². The number of aromatic carboxylic acids is 1. The summed E-state index contributed by atoms with van der Waals surface area (Å²) in [7, 11) is -2.42. The Morgan fingerprint density at radius 1 is 1.33 bits per heavy atom. The summed E-state index contributed by atoms with van der Waals surface area (Å²) in [5, 5.41) is 8.95. The first-order valence-corrected chi connectivity index (χ1v) is 7.90. The highest BCUT2D eigenvalue weighted by atomic mass is 32.2. The molecule has 116 valence electrons. The average Bonchev–Trinajstić information content (AvgIpc) is 2.76. The van der Waals surface area contributed by atoms with Gasteiger partial charge in [-0.25, -0.2) is 13.2 Å². The lowest BCUT2D eigenvalue weighted by Crippen LogP contribution is -2.33. The largest absolute Gasteiger partial charge is 0.495 e. The zero-order valence-electron chi connectivity index (χ0n) is 11.6. The molecule has 1 heterocycles. The fourth-order valence-electron chi connectivity index (χ4n) is 2.12. The number of hydrogen-bond acceptors (Lipinski definition) is 5. The van der Waals surface area contributed by atoms with Gasteiger partial charge in [0, 0.05) is 19.7 Å². The maximum Gasteiger partial charge on any atom is 0.335 e. The van der Waals surface area contributed by atoms with Crippen LogP contribution in [-0.2, 0) is 14.8 Å². The highest BCUT2D eigenvalue weighted by Crippen LogP contribution is 2.28. The second-order valence-corrected chi connectivity index (χ2v) is 6.45. The number of methoxy groups -OCH3 is 1. The monoisotopic (exact) mass is 315 g/mol. The summed E-state index contributed by atoms with van der Waals surface area (Å²) in [6.07, 6.45) is 0.620. The van der Waals surface area contributed by atoms with Crippen molar-refractivity contribution in [3.63, 3.8) is 0 Å². The molecule has 2 rings (SSSR count). The van der Waals surface area contributed by atoms with E-state index in [4.69, 9.17) is 14.6 Å². The number of ether oxygens (including phenoxy) is 2. The summed E-state index contributed by atoms with van der Waals surface area (Å²) in [6.45, 7) is 1.51. The minimum Gasteiger partial charge on any atom is -0.495 e. The number of hydrogen-bond donors (Lipinski definition) is 1. The maximum absolute atomic E-state index is 12.6. The summed E-state index contributed by atoms with van der Waals surface area (Å²) in [6, 6.07) is 3.74. The third-order valence-electron chi connectivity index (χ3n) is 3.21. The second kappa shape index (κ2) is 6.42. The van der Waals surface area contributed by atoms with Crippen molar-refractivity contribution in [1.29, 1.82) is 0 Å². The van der Waals surface area contributed by atoms with Crippen LogP contribution in [0, 0.1) is 0 Å². The smallest absolute Gasteiger partial charge is 0.335 e. The molecule has 0 aliphatic carbocycles. The van der Waals surface area contributed by atoms with Gasteiger partial charge in [0.15, 0.2) is 0 Å². The molecule has 0 unspecified atom stereocenters. The van der Waals surface area contributed by atoms with E-state index in [9.17, 15) is 13.2 Å². The molecule has 0 radical (unpaired) electrons. The summed E-state index contributed by atoms with van der Waals surface area (Å²) in [5.74, 6) is -1.11. The molecule has 0 bridgehead atoms. The molecule has 0 atom stereocenters. The first-order chi connectivity index (χ1) is 9.96. The van der Waals surface area contributed by atoms with E-state index in [2.05, 4.69) is 0 Å². The Labute approximate surface area is 123 Å². The lowest BCUT2D eigenvalue weighted by molar-refractivity contribution is 0.0696. The van der Waals surface area contributed by atoms with Gasteiger partial charge in [-0.3, -0.25) is 0 Å². The Kier molecular flexibility index (Phi) is 4.81. The number of sulfonamides is 1. The third-order valence-corrected chi connectivity index (χ3v) is 5.15. The van der Waals surface area contributed by atoms with E-state index in [1.54, 1.807) is 0 Å². The summed E-state index contributed by atoms with van der Waals surface area (Å²) < 4.78 is 36.9. The molecule has 1 fully saturated rings. The Bertz CT molecular complexity index is 620. The number of rotatable bonds is 4. The Morgan fingerprint density at radius 2 is 2.10 bits per heavy atom. The summed E-state index contributed by atoms with van der Waals surface area (Å²) in [5.41, 5.74) is -0.0231. The molecule has 0 aromatic heterocycles. The van der Waals surface area contributed by atoms with E-state index in [1.807, 2.05) is 0 Å². The number of carbonyl (C=O) groups is 1. The van der Waals surface area contributed by atoms with E-state index in [1.165, 1.54) is 29.6 Å². The quantitative estimate of drug-likeness (QED) is 0.883. The van der Waals surface area contributed by atoms with Crippen LogP contribution in [0.1, 0.15) is 16.8 Å². The van der Waals surface area contributed by atoms with Crippen molar-refractivity contribution >= 4 is 16.0 Å². The Morgan fingerprint density at radius 3 is 2.76 bits per heavy atom. The minimum absolute atomic E-state index is 0.0231. The lowest BCUT2D eigenvalue weighted by Gasteiger charge is -2.20. The number of carboxylic acid groups (broad SMARTS) is 1. The first kappa shape index (κ1) is 15.7. The van der Waals surface area contributed by atoms with E-state index < -0.39 is 16.0 Å². The molecule has 1 aliphatic rings. The fourth-order valence-corrected chi connectivity index (χ4v) is 3.72. The molecule has 1 N–H and O–H groups in total. The van der Waals surface area contributed by atoms with Gasteiger partial charge in [-0.15, -0.1) is 0 Å². The van der Waals surface area contributed by atoms with Crippen LogP contribution < -0.4 is 4.74 Å². The summed E-state index contributed by atoms with van der Waals surface area (Å²) in [4.78, 5) is 10.9. The van der Waals surface area contributed by atoms with Gasteiger partial charge in [-0.05, 0) is 24.6 Å². The van der Waals surface area contributed by atoms with Crippen LogP contribution in [0.2, 0.25) is 0 Å². The minimum atomic E-state index is -3.74. The van der Waals surface area contributed by atoms with Crippen molar-refractivity contribution in [1.82, 2.24) is 4.31 Å². The van der Waals surface area contributed by atoms with Crippen LogP contribution in [0.15, 0.2) is 23.1 Å². The molecule has 1 aliphatic heterocycles. The van der Waals surface area contributed by atoms with E-state index in [-0.39, 0.29) is 22.8 Å². The van der Waals surface area contributed by atoms with Gasteiger partial charge in [0.1, 0.15) is 10.6 Å². The molecular formula is C13H17NO6S. The zero-order chi connectivity index (χ0) is 15.5. The van der Waals surface area contributed by atoms with E-state index >= 15 is 0 Å². The van der Waals surface area contributed by atoms with Gasteiger partial charge in [0.2, 0.25) is 10.0 Å². The van der Waals surface area contributed by atoms with Crippen LogP contribution in [0.3, 0.4) is 0 Å². The topological polar surface area (TPSA) is 93.1 Å². The average molecular weight is 315 g/mol. The van der Waals surface area contributed by atoms with E-state index in [0.29, 0.717) is 26.2 Å². The van der Waals surface area contributed by atoms with Crippen molar-refractivity contribution in [3.05, 3.63) is 23.8 Å². The van der Waals surface area contributed by atoms with Gasteiger partial charge in [0.05, 0.1) is 19.3 Å². The molecule has 7 nitrogen and oxygen atoms in total. The van der Waals surface area contributed by atoms with Crippen molar-refractivity contribution in [2.75, 3.05) is 33.4 Å². The molecule has 8 heteroatoms. The van der Waals surface area contributed by atoms with Gasteiger partial charge in [0.25, 0.3) is 0 Å². The normalized spacial score (nSPS) is 17.2. The highest BCUT2D eigenvalue weighted by Gasteiger charge is 2.28. The number of benzene rings is 1. The van der Waals surface area contributed by atoms with Gasteiger partial charge in [-0.2, -0.15) is 4.31 Å². The summed E-state index contributed by atoms with van der Waals surface area (Å²) >= 11 is 0. The van der Waals surface area contributed by atoms with Crippen LogP contribution in [0.5, 0.6) is 5.75 Å². The van der Waals surface area contributed by atoms with Gasteiger partial charge in [-0.1, -0.05) is 0 Å². The highest BCUT2D eigenvalue weighted by molar-refractivity contribution is 7.89. The zero-order valence-corrected chi connectivity index (χ0v) is 12.4.